The first-order valence-corrected chi connectivity index (χ1v) is 8.87. The highest BCUT2D eigenvalue weighted by atomic mass is 32.2. The third-order valence-corrected chi connectivity index (χ3v) is 6.85. The van der Waals surface area contributed by atoms with Gasteiger partial charge in [-0.3, -0.25) is 4.79 Å². The summed E-state index contributed by atoms with van der Waals surface area (Å²) in [5.41, 5.74) is 0. The van der Waals surface area contributed by atoms with Gasteiger partial charge in [-0.15, -0.1) is 0 Å². The predicted octanol–water partition coefficient (Wildman–Crippen LogP) is 1.67. The van der Waals surface area contributed by atoms with Crippen LogP contribution in [0.4, 0.5) is 0 Å². The Kier molecular flexibility index (Phi) is 4.04. The largest absolute Gasteiger partial charge is 0.354 e. The van der Waals surface area contributed by atoms with E-state index in [2.05, 4.69) is 18.3 Å². The molecular weight excluding hydrogens is 262 g/mol. The Morgan fingerprint density at radius 2 is 1.95 bits per heavy atom. The molecule has 1 amide bonds. The van der Waals surface area contributed by atoms with Crippen molar-refractivity contribution in [3.63, 3.8) is 0 Å². The van der Waals surface area contributed by atoms with Gasteiger partial charge >= 0.3 is 0 Å². The molecule has 2 rings (SSSR count). The van der Waals surface area contributed by atoms with Crippen LogP contribution in [0.1, 0.15) is 39.0 Å². The van der Waals surface area contributed by atoms with Crippen LogP contribution in [0.2, 0.25) is 0 Å². The maximum absolute atomic E-state index is 12.2. The van der Waals surface area contributed by atoms with E-state index in [4.69, 9.17) is 0 Å². The number of sulfone groups is 1. The summed E-state index contributed by atoms with van der Waals surface area (Å²) in [7, 11) is -3.10. The molecule has 0 spiro atoms. The fraction of sp³-hybridized carbons (Fsp3) is 0.786. The van der Waals surface area contributed by atoms with Gasteiger partial charge in [0.2, 0.25) is 5.91 Å². The highest BCUT2D eigenvalue weighted by molar-refractivity contribution is 7.92. The molecule has 2 aliphatic carbocycles. The number of allylic oxidation sites excluding steroid dienone is 2. The van der Waals surface area contributed by atoms with E-state index in [0.717, 1.165) is 19.3 Å². The first-order chi connectivity index (χ1) is 8.86. The van der Waals surface area contributed by atoms with Crippen molar-refractivity contribution in [1.29, 1.82) is 0 Å². The molecule has 0 aromatic carbocycles. The van der Waals surface area contributed by atoms with Crippen LogP contribution in [0.15, 0.2) is 12.2 Å². The zero-order valence-electron chi connectivity index (χ0n) is 11.7. The maximum atomic E-state index is 12.2. The number of hydrogen-bond donors (Lipinski definition) is 1. The van der Waals surface area contributed by atoms with Gasteiger partial charge in [0.1, 0.15) is 0 Å². The van der Waals surface area contributed by atoms with Gasteiger partial charge < -0.3 is 5.32 Å². The van der Waals surface area contributed by atoms with Crippen LogP contribution in [0, 0.1) is 11.8 Å². The Hall–Kier alpha value is -0.840. The zero-order valence-corrected chi connectivity index (χ0v) is 12.5. The van der Waals surface area contributed by atoms with Gasteiger partial charge in [-0.25, -0.2) is 8.42 Å². The lowest BCUT2D eigenvalue weighted by atomic mass is 9.82. The average Bonchev–Trinajstić information content (AvgIpc) is 2.25. The number of rotatable bonds is 4. The van der Waals surface area contributed by atoms with Crippen molar-refractivity contribution in [3.8, 4) is 0 Å². The number of carbonyl (C=O) groups is 1. The van der Waals surface area contributed by atoms with Crippen LogP contribution in [-0.4, -0.2) is 31.9 Å². The van der Waals surface area contributed by atoms with Gasteiger partial charge in [-0.05, 0) is 31.6 Å². The molecule has 0 radical (unpaired) electrons. The van der Waals surface area contributed by atoms with Crippen LogP contribution in [0.3, 0.4) is 0 Å². The topological polar surface area (TPSA) is 63.2 Å². The molecule has 0 heterocycles. The van der Waals surface area contributed by atoms with Crippen LogP contribution in [0.25, 0.3) is 0 Å². The Balaban J connectivity index is 1.95. The van der Waals surface area contributed by atoms with E-state index in [-0.39, 0.29) is 18.4 Å². The molecule has 108 valence electrons. The van der Waals surface area contributed by atoms with E-state index in [1.165, 1.54) is 6.26 Å². The van der Waals surface area contributed by atoms with Gasteiger partial charge in [0.25, 0.3) is 0 Å². The van der Waals surface area contributed by atoms with Crippen LogP contribution < -0.4 is 5.32 Å². The highest BCUT2D eigenvalue weighted by Crippen LogP contribution is 2.38. The van der Waals surface area contributed by atoms with Crippen LogP contribution in [-0.2, 0) is 14.6 Å². The lowest BCUT2D eigenvalue weighted by Crippen LogP contribution is -2.54. The minimum atomic E-state index is -3.10. The third kappa shape index (κ3) is 2.86. The molecule has 0 aromatic heterocycles. The van der Waals surface area contributed by atoms with E-state index in [1.54, 1.807) is 0 Å². The molecule has 1 fully saturated rings. The summed E-state index contributed by atoms with van der Waals surface area (Å²) in [5, 5.41) is 2.88. The molecule has 1 N–H and O–H groups in total. The number of hydrogen-bond acceptors (Lipinski definition) is 3. The second-order valence-corrected chi connectivity index (χ2v) is 8.46. The fourth-order valence-electron chi connectivity index (χ4n) is 2.94. The Morgan fingerprint density at radius 1 is 1.32 bits per heavy atom. The summed E-state index contributed by atoms with van der Waals surface area (Å²) < 4.78 is 23.0. The molecule has 4 nitrogen and oxygen atoms in total. The smallest absolute Gasteiger partial charge is 0.223 e. The van der Waals surface area contributed by atoms with Crippen molar-refractivity contribution in [1.82, 2.24) is 5.32 Å². The number of nitrogens with one attached hydrogen (secondary N) is 1. The predicted molar refractivity (Wildman–Crippen MR) is 75.5 cm³/mol. The van der Waals surface area contributed by atoms with E-state index >= 15 is 0 Å². The maximum Gasteiger partial charge on any atom is 0.223 e. The van der Waals surface area contributed by atoms with Crippen LogP contribution in [0.5, 0.6) is 0 Å². The Morgan fingerprint density at radius 3 is 2.42 bits per heavy atom. The zero-order chi connectivity index (χ0) is 14.1. The molecule has 2 aliphatic rings. The quantitative estimate of drug-likeness (QED) is 0.799. The first kappa shape index (κ1) is 14.6. The van der Waals surface area contributed by atoms with E-state index in [9.17, 15) is 13.2 Å². The summed E-state index contributed by atoms with van der Waals surface area (Å²) in [5.74, 6) is 0.328. The fourth-order valence-corrected chi connectivity index (χ4v) is 4.31. The molecule has 5 heteroatoms. The Labute approximate surface area is 115 Å². The lowest BCUT2D eigenvalue weighted by Gasteiger charge is -2.40. The average molecular weight is 285 g/mol. The molecule has 19 heavy (non-hydrogen) atoms. The second-order valence-electron chi connectivity index (χ2n) is 6.05. The minimum absolute atomic E-state index is 0.00627. The van der Waals surface area contributed by atoms with Crippen molar-refractivity contribution < 1.29 is 13.2 Å². The third-order valence-electron chi connectivity index (χ3n) is 4.72. The normalized spacial score (nSPS) is 29.6. The van der Waals surface area contributed by atoms with Gasteiger partial charge in [0.05, 0.1) is 4.75 Å². The van der Waals surface area contributed by atoms with Crippen molar-refractivity contribution >= 4 is 15.7 Å². The number of carbonyl (C=O) groups excluding carboxylic acids is 1. The summed E-state index contributed by atoms with van der Waals surface area (Å²) in [4.78, 5) is 12.2. The van der Waals surface area contributed by atoms with Gasteiger partial charge in [-0.2, -0.15) is 0 Å². The molecule has 2 atom stereocenters. The van der Waals surface area contributed by atoms with Gasteiger partial charge in [0, 0.05) is 18.7 Å². The summed E-state index contributed by atoms with van der Waals surface area (Å²) in [6.45, 7) is 2.35. The molecular formula is C14H23NO3S. The first-order valence-electron chi connectivity index (χ1n) is 6.98. The molecule has 0 aliphatic heterocycles. The van der Waals surface area contributed by atoms with Crippen molar-refractivity contribution in [2.24, 2.45) is 11.8 Å². The van der Waals surface area contributed by atoms with E-state index in [1.807, 2.05) is 6.08 Å². The number of amides is 1. The summed E-state index contributed by atoms with van der Waals surface area (Å²) in [6.07, 6.45) is 9.40. The summed E-state index contributed by atoms with van der Waals surface area (Å²) in [6, 6.07) is 0. The lowest BCUT2D eigenvalue weighted by molar-refractivity contribution is -0.126. The van der Waals surface area contributed by atoms with Crippen molar-refractivity contribution in [2.75, 3.05) is 12.8 Å². The van der Waals surface area contributed by atoms with Gasteiger partial charge in [0.15, 0.2) is 9.84 Å². The molecule has 0 aromatic rings. The highest BCUT2D eigenvalue weighted by Gasteiger charge is 2.46. The summed E-state index contributed by atoms with van der Waals surface area (Å²) >= 11 is 0. The molecule has 1 saturated carbocycles. The second kappa shape index (κ2) is 5.27. The SMILES string of the molecule is C[C@@H]1CC=CC[C@H]1C(=O)NCC1(S(C)(=O)=O)CCC1. The standard InChI is InChI=1S/C14H23NO3S/c1-11-6-3-4-7-12(11)13(16)15-10-14(8-5-9-14)19(2,17)18/h3-4,11-12H,5-10H2,1-2H3,(H,15,16)/t11-,12-/m1/s1. The molecule has 0 unspecified atom stereocenters. The van der Waals surface area contributed by atoms with E-state index < -0.39 is 14.6 Å². The molecule has 0 bridgehead atoms. The van der Waals surface area contributed by atoms with Gasteiger partial charge in [-0.1, -0.05) is 25.5 Å². The minimum Gasteiger partial charge on any atom is -0.354 e. The molecule has 0 saturated heterocycles. The monoisotopic (exact) mass is 285 g/mol. The van der Waals surface area contributed by atoms with Crippen molar-refractivity contribution in [3.05, 3.63) is 12.2 Å². The van der Waals surface area contributed by atoms with Crippen LogP contribution >= 0.6 is 0 Å². The van der Waals surface area contributed by atoms with E-state index in [0.29, 0.717) is 18.8 Å². The van der Waals surface area contributed by atoms with Crippen molar-refractivity contribution in [2.45, 2.75) is 43.8 Å². The Bertz CT molecular complexity index is 477.